The summed E-state index contributed by atoms with van der Waals surface area (Å²) in [5.74, 6) is 1.68. The van der Waals surface area contributed by atoms with Gasteiger partial charge in [-0.15, -0.1) is 0 Å². The number of hydrogen-bond donors (Lipinski definition) is 2. The molecule has 2 amide bonds. The summed E-state index contributed by atoms with van der Waals surface area (Å²) in [6, 6.07) is 5.10. The topological polar surface area (TPSA) is 80.3 Å². The monoisotopic (exact) mass is 305 g/mol. The summed E-state index contributed by atoms with van der Waals surface area (Å²) in [5.41, 5.74) is 0.502. The lowest BCUT2D eigenvalue weighted by molar-refractivity contribution is 0.206. The number of nitrogens with one attached hydrogen (secondary N) is 2. The third-order valence-electron chi connectivity index (χ3n) is 3.38. The second kappa shape index (κ2) is 6.68. The van der Waals surface area contributed by atoms with Crippen molar-refractivity contribution < 1.29 is 13.7 Å². The molecule has 2 aromatic heterocycles. The van der Waals surface area contributed by atoms with Crippen LogP contribution >= 0.6 is 0 Å². The first kappa shape index (κ1) is 16.1. The van der Waals surface area contributed by atoms with Crippen LogP contribution in [0, 0.1) is 5.41 Å². The van der Waals surface area contributed by atoms with Crippen molar-refractivity contribution in [1.82, 2.24) is 15.8 Å². The Bertz CT molecular complexity index is 596. The third-order valence-corrected chi connectivity index (χ3v) is 3.38. The average Bonchev–Trinajstić information content (AvgIpc) is 3.12. The van der Waals surface area contributed by atoms with E-state index in [4.69, 9.17) is 8.94 Å². The van der Waals surface area contributed by atoms with Gasteiger partial charge in [-0.25, -0.2) is 4.79 Å². The van der Waals surface area contributed by atoms with E-state index in [0.717, 1.165) is 17.9 Å². The first-order valence-electron chi connectivity index (χ1n) is 7.42. The van der Waals surface area contributed by atoms with E-state index in [2.05, 4.69) is 36.6 Å². The van der Waals surface area contributed by atoms with E-state index in [-0.39, 0.29) is 17.5 Å². The highest BCUT2D eigenvalue weighted by Gasteiger charge is 2.30. The molecule has 1 atom stereocenters. The van der Waals surface area contributed by atoms with E-state index >= 15 is 0 Å². The molecule has 0 aromatic carbocycles. The van der Waals surface area contributed by atoms with Gasteiger partial charge < -0.3 is 19.6 Å². The third kappa shape index (κ3) is 4.13. The van der Waals surface area contributed by atoms with Crippen LogP contribution in [0.5, 0.6) is 0 Å². The molecular formula is C16H23N3O3. The molecule has 0 radical (unpaired) electrons. The van der Waals surface area contributed by atoms with Crippen LogP contribution in [0.3, 0.4) is 0 Å². The summed E-state index contributed by atoms with van der Waals surface area (Å²) in [7, 11) is 0. The van der Waals surface area contributed by atoms with Crippen molar-refractivity contribution in [2.24, 2.45) is 5.41 Å². The van der Waals surface area contributed by atoms with Crippen LogP contribution in [0.2, 0.25) is 0 Å². The molecule has 22 heavy (non-hydrogen) atoms. The SMILES string of the molecule is CCc1ccc(C(NC(=O)NCc2ccon2)C(C)(C)C)o1. The molecule has 120 valence electrons. The van der Waals surface area contributed by atoms with Gasteiger partial charge in [0.25, 0.3) is 0 Å². The van der Waals surface area contributed by atoms with Crippen molar-refractivity contribution in [1.29, 1.82) is 0 Å². The molecule has 6 heteroatoms. The predicted molar refractivity (Wildman–Crippen MR) is 82.2 cm³/mol. The second-order valence-electron chi connectivity index (χ2n) is 6.27. The van der Waals surface area contributed by atoms with Crippen LogP contribution < -0.4 is 10.6 Å². The molecule has 1 unspecified atom stereocenters. The highest BCUT2D eigenvalue weighted by Crippen LogP contribution is 2.33. The van der Waals surface area contributed by atoms with Gasteiger partial charge in [-0.3, -0.25) is 0 Å². The summed E-state index contributed by atoms with van der Waals surface area (Å²) in [6.45, 7) is 8.53. The maximum absolute atomic E-state index is 12.1. The molecule has 2 rings (SSSR count). The van der Waals surface area contributed by atoms with Crippen LogP contribution in [0.4, 0.5) is 4.79 Å². The summed E-state index contributed by atoms with van der Waals surface area (Å²) in [5, 5.41) is 9.49. The Morgan fingerprint density at radius 3 is 2.64 bits per heavy atom. The molecule has 6 nitrogen and oxygen atoms in total. The summed E-state index contributed by atoms with van der Waals surface area (Å²) < 4.78 is 10.5. The quantitative estimate of drug-likeness (QED) is 0.887. The fraction of sp³-hybridized carbons (Fsp3) is 0.500. The van der Waals surface area contributed by atoms with Gasteiger partial charge in [0, 0.05) is 12.5 Å². The van der Waals surface area contributed by atoms with E-state index in [1.165, 1.54) is 6.26 Å². The lowest BCUT2D eigenvalue weighted by atomic mass is 9.85. The van der Waals surface area contributed by atoms with Crippen LogP contribution in [0.1, 0.15) is 51.0 Å². The minimum absolute atomic E-state index is 0.173. The lowest BCUT2D eigenvalue weighted by Gasteiger charge is -2.29. The Morgan fingerprint density at radius 1 is 1.32 bits per heavy atom. The summed E-state index contributed by atoms with van der Waals surface area (Å²) in [4.78, 5) is 12.1. The van der Waals surface area contributed by atoms with Crippen LogP contribution in [-0.4, -0.2) is 11.2 Å². The van der Waals surface area contributed by atoms with Crippen molar-refractivity contribution in [3.05, 3.63) is 41.7 Å². The lowest BCUT2D eigenvalue weighted by Crippen LogP contribution is -2.42. The van der Waals surface area contributed by atoms with Gasteiger partial charge in [0.05, 0.1) is 12.6 Å². The first-order valence-corrected chi connectivity index (χ1v) is 7.42. The number of nitrogens with zero attached hydrogens (tertiary/aromatic N) is 1. The summed E-state index contributed by atoms with van der Waals surface area (Å²) in [6.07, 6.45) is 2.30. The number of aromatic nitrogens is 1. The summed E-state index contributed by atoms with van der Waals surface area (Å²) >= 11 is 0. The Kier molecular flexibility index (Phi) is 4.90. The highest BCUT2D eigenvalue weighted by molar-refractivity contribution is 5.74. The molecule has 0 fully saturated rings. The fourth-order valence-corrected chi connectivity index (χ4v) is 2.14. The Hall–Kier alpha value is -2.24. The van der Waals surface area contributed by atoms with Crippen molar-refractivity contribution >= 4 is 6.03 Å². The Labute approximate surface area is 130 Å². The first-order chi connectivity index (χ1) is 10.4. The predicted octanol–water partition coefficient (Wildman–Crippen LogP) is 3.42. The average molecular weight is 305 g/mol. The fourth-order valence-electron chi connectivity index (χ4n) is 2.14. The van der Waals surface area contributed by atoms with Gasteiger partial charge in [-0.2, -0.15) is 0 Å². The van der Waals surface area contributed by atoms with Gasteiger partial charge in [-0.05, 0) is 17.5 Å². The maximum Gasteiger partial charge on any atom is 0.315 e. The number of carbonyl (C=O) groups excluding carboxylic acids is 1. The standard InChI is InChI=1S/C16H23N3O3/c1-5-12-6-7-13(22-12)14(16(2,3)4)18-15(20)17-10-11-8-9-21-19-11/h6-9,14H,5,10H2,1-4H3,(H2,17,18,20). The van der Waals surface area contributed by atoms with E-state index in [9.17, 15) is 4.79 Å². The molecule has 2 N–H and O–H groups in total. The normalized spacial score (nSPS) is 12.9. The minimum Gasteiger partial charge on any atom is -0.464 e. The maximum atomic E-state index is 12.1. The number of aryl methyl sites for hydroxylation is 1. The zero-order valence-electron chi connectivity index (χ0n) is 13.5. The van der Waals surface area contributed by atoms with E-state index in [1.54, 1.807) is 6.07 Å². The number of carbonyl (C=O) groups is 1. The number of amides is 2. The minimum atomic E-state index is -0.266. The van der Waals surface area contributed by atoms with Crippen molar-refractivity contribution in [2.75, 3.05) is 0 Å². The molecule has 0 saturated carbocycles. The number of furan rings is 1. The number of urea groups is 1. The van der Waals surface area contributed by atoms with Crippen LogP contribution in [0.15, 0.2) is 33.4 Å². The van der Waals surface area contributed by atoms with Gasteiger partial charge in [0.2, 0.25) is 0 Å². The molecule has 0 saturated heterocycles. The molecule has 2 aromatic rings. The molecular weight excluding hydrogens is 282 g/mol. The van der Waals surface area contributed by atoms with Gasteiger partial charge >= 0.3 is 6.03 Å². The second-order valence-corrected chi connectivity index (χ2v) is 6.27. The van der Waals surface area contributed by atoms with E-state index in [0.29, 0.717) is 12.2 Å². The molecule has 0 bridgehead atoms. The van der Waals surface area contributed by atoms with Crippen molar-refractivity contribution in [3.63, 3.8) is 0 Å². The highest BCUT2D eigenvalue weighted by atomic mass is 16.5. The molecule has 2 heterocycles. The van der Waals surface area contributed by atoms with Crippen molar-refractivity contribution in [3.8, 4) is 0 Å². The smallest absolute Gasteiger partial charge is 0.315 e. The molecule has 0 aliphatic rings. The molecule has 0 aliphatic carbocycles. The largest absolute Gasteiger partial charge is 0.464 e. The van der Waals surface area contributed by atoms with Gasteiger partial charge in [0.15, 0.2) is 0 Å². The number of hydrogen-bond acceptors (Lipinski definition) is 4. The molecule has 0 aliphatic heterocycles. The van der Waals surface area contributed by atoms with Crippen LogP contribution in [0.25, 0.3) is 0 Å². The van der Waals surface area contributed by atoms with Crippen molar-refractivity contribution in [2.45, 2.75) is 46.7 Å². The van der Waals surface area contributed by atoms with E-state index in [1.807, 2.05) is 19.1 Å². The molecule has 0 spiro atoms. The number of rotatable bonds is 5. The zero-order chi connectivity index (χ0) is 16.2. The Morgan fingerprint density at radius 2 is 2.09 bits per heavy atom. The van der Waals surface area contributed by atoms with Crippen LogP contribution in [-0.2, 0) is 13.0 Å². The Balaban J connectivity index is 2.02. The van der Waals surface area contributed by atoms with E-state index < -0.39 is 0 Å². The van der Waals surface area contributed by atoms with Gasteiger partial charge in [-0.1, -0.05) is 32.9 Å². The zero-order valence-corrected chi connectivity index (χ0v) is 13.5. The van der Waals surface area contributed by atoms with Gasteiger partial charge in [0.1, 0.15) is 23.5 Å².